The van der Waals surface area contributed by atoms with E-state index in [1.165, 1.54) is 32.2 Å². The molecule has 1 aromatic carbocycles. The largest absolute Gasteiger partial charge is 0.465 e. The van der Waals surface area contributed by atoms with Crippen LogP contribution < -0.4 is 0 Å². The first-order valence-electron chi connectivity index (χ1n) is 5.62. The monoisotopic (exact) mass is 295 g/mol. The number of nitrogens with zero attached hydrogens (tertiary/aromatic N) is 1. The van der Waals surface area contributed by atoms with Crippen LogP contribution in [0.1, 0.15) is 22.8 Å². The summed E-state index contributed by atoms with van der Waals surface area (Å²) >= 11 is 1.13. The number of hydrogen-bond acceptors (Lipinski definition) is 6. The predicted octanol–water partition coefficient (Wildman–Crippen LogP) is 2.67. The quantitative estimate of drug-likeness (QED) is 0.471. The highest BCUT2D eigenvalue weighted by molar-refractivity contribution is 8.13. The lowest BCUT2D eigenvalue weighted by molar-refractivity contribution is -0.384. The smallest absolute Gasteiger partial charge is 0.338 e. The first-order chi connectivity index (χ1) is 9.45. The number of carbonyl (C=O) groups is 2. The minimum Gasteiger partial charge on any atom is -0.465 e. The molecule has 0 saturated carbocycles. The molecular weight excluding hydrogens is 282 g/mol. The van der Waals surface area contributed by atoms with Gasteiger partial charge in [0.1, 0.15) is 0 Å². The van der Waals surface area contributed by atoms with Crippen molar-refractivity contribution in [1.82, 2.24) is 0 Å². The van der Waals surface area contributed by atoms with Crippen LogP contribution in [-0.2, 0) is 9.53 Å². The van der Waals surface area contributed by atoms with Crippen molar-refractivity contribution in [2.45, 2.75) is 6.92 Å². The minimum atomic E-state index is -0.646. The topological polar surface area (TPSA) is 86.5 Å². The number of ether oxygens (including phenoxy) is 1. The summed E-state index contributed by atoms with van der Waals surface area (Å²) in [5, 5.41) is 10.7. The predicted molar refractivity (Wildman–Crippen MR) is 76.6 cm³/mol. The van der Waals surface area contributed by atoms with Crippen molar-refractivity contribution in [2.75, 3.05) is 12.9 Å². The number of nitro benzene ring substituents is 1. The molecule has 0 aromatic heterocycles. The number of rotatable bonds is 5. The molecule has 0 spiro atoms. The second-order valence-corrected chi connectivity index (χ2v) is 4.92. The SMILES string of the molecule is COC(=O)c1cc([N+](=O)[O-])ccc1C=CCSC(C)=O. The van der Waals surface area contributed by atoms with Gasteiger partial charge >= 0.3 is 5.97 Å². The number of benzene rings is 1. The van der Waals surface area contributed by atoms with Gasteiger partial charge in [-0.1, -0.05) is 23.9 Å². The number of carbonyl (C=O) groups excluding carboxylic acids is 2. The molecule has 0 bridgehead atoms. The molecule has 0 radical (unpaired) electrons. The van der Waals surface area contributed by atoms with Crippen molar-refractivity contribution < 1.29 is 19.2 Å². The molecule has 0 aliphatic carbocycles. The summed E-state index contributed by atoms with van der Waals surface area (Å²) in [5.41, 5.74) is 0.443. The Morgan fingerprint density at radius 3 is 2.70 bits per heavy atom. The maximum atomic E-state index is 11.6. The average Bonchev–Trinajstić information content (AvgIpc) is 2.42. The van der Waals surface area contributed by atoms with E-state index in [1.807, 2.05) is 0 Å². The fourth-order valence-electron chi connectivity index (χ4n) is 1.43. The molecule has 0 atom stereocenters. The lowest BCUT2D eigenvalue weighted by Gasteiger charge is -2.04. The Hall–Kier alpha value is -2.15. The van der Waals surface area contributed by atoms with Gasteiger partial charge in [-0.2, -0.15) is 0 Å². The van der Waals surface area contributed by atoms with E-state index in [0.29, 0.717) is 11.3 Å². The molecule has 0 fully saturated rings. The summed E-state index contributed by atoms with van der Waals surface area (Å²) in [6, 6.07) is 3.95. The molecule has 0 unspecified atom stereocenters. The Balaban J connectivity index is 3.02. The lowest BCUT2D eigenvalue weighted by atomic mass is 10.1. The zero-order valence-corrected chi connectivity index (χ0v) is 11.8. The summed E-state index contributed by atoms with van der Waals surface area (Å²) in [6.07, 6.45) is 3.34. The van der Waals surface area contributed by atoms with Gasteiger partial charge in [0.25, 0.3) is 5.69 Å². The molecule has 0 N–H and O–H groups in total. The molecule has 1 aromatic rings. The van der Waals surface area contributed by atoms with Crippen LogP contribution in [0.3, 0.4) is 0 Å². The molecule has 0 heterocycles. The molecule has 1 rings (SSSR count). The maximum Gasteiger partial charge on any atom is 0.338 e. The third-order valence-corrected chi connectivity index (χ3v) is 3.10. The standard InChI is InChI=1S/C13H13NO5S/c1-9(15)20-7-3-4-10-5-6-11(14(17)18)8-12(10)13(16)19-2/h3-6,8H,7H2,1-2H3. The molecule has 20 heavy (non-hydrogen) atoms. The summed E-state index contributed by atoms with van der Waals surface area (Å²) in [4.78, 5) is 32.5. The fraction of sp³-hybridized carbons (Fsp3) is 0.231. The van der Waals surface area contributed by atoms with Gasteiger partial charge in [-0.3, -0.25) is 14.9 Å². The maximum absolute atomic E-state index is 11.6. The normalized spacial score (nSPS) is 10.5. The van der Waals surface area contributed by atoms with E-state index in [9.17, 15) is 19.7 Å². The molecule has 0 aliphatic rings. The summed E-state index contributed by atoms with van der Waals surface area (Å²) in [5.74, 6) is -0.181. The van der Waals surface area contributed by atoms with Gasteiger partial charge in [-0.15, -0.1) is 0 Å². The first kappa shape index (κ1) is 15.9. The van der Waals surface area contributed by atoms with Crippen LogP contribution in [0.5, 0.6) is 0 Å². The van der Waals surface area contributed by atoms with Crippen molar-refractivity contribution in [3.8, 4) is 0 Å². The third kappa shape index (κ3) is 4.51. The Bertz CT molecular complexity index is 568. The van der Waals surface area contributed by atoms with Crippen molar-refractivity contribution in [3.63, 3.8) is 0 Å². The minimum absolute atomic E-state index is 0.00783. The Labute approximate surface area is 120 Å². The van der Waals surface area contributed by atoms with Crippen LogP contribution in [-0.4, -0.2) is 28.9 Å². The van der Waals surface area contributed by atoms with Crippen LogP contribution in [0.25, 0.3) is 6.08 Å². The van der Waals surface area contributed by atoms with Crippen LogP contribution in [0.2, 0.25) is 0 Å². The number of non-ortho nitro benzene ring substituents is 1. The van der Waals surface area contributed by atoms with Crippen LogP contribution in [0.15, 0.2) is 24.3 Å². The molecule has 0 saturated heterocycles. The number of thioether (sulfide) groups is 1. The van der Waals surface area contributed by atoms with Gasteiger partial charge in [0.2, 0.25) is 0 Å². The Morgan fingerprint density at radius 1 is 1.45 bits per heavy atom. The summed E-state index contributed by atoms with van der Waals surface area (Å²) < 4.78 is 4.60. The van der Waals surface area contributed by atoms with Crippen molar-refractivity contribution in [3.05, 3.63) is 45.5 Å². The van der Waals surface area contributed by atoms with Crippen molar-refractivity contribution >= 4 is 34.6 Å². The number of hydrogen-bond donors (Lipinski definition) is 0. The molecule has 7 heteroatoms. The zero-order valence-electron chi connectivity index (χ0n) is 11.0. The van der Waals surface area contributed by atoms with E-state index in [4.69, 9.17) is 0 Å². The van der Waals surface area contributed by atoms with Crippen LogP contribution in [0.4, 0.5) is 5.69 Å². The molecule has 106 valence electrons. The average molecular weight is 295 g/mol. The van der Waals surface area contributed by atoms with Crippen LogP contribution in [0, 0.1) is 10.1 Å². The Kier molecular flexibility index (Phi) is 5.92. The third-order valence-electron chi connectivity index (χ3n) is 2.33. The molecule has 0 aliphatic heterocycles. The van der Waals surface area contributed by atoms with E-state index in [-0.39, 0.29) is 16.4 Å². The highest BCUT2D eigenvalue weighted by atomic mass is 32.2. The van der Waals surface area contributed by atoms with Crippen molar-refractivity contribution in [1.29, 1.82) is 0 Å². The van der Waals surface area contributed by atoms with E-state index >= 15 is 0 Å². The van der Waals surface area contributed by atoms with Gasteiger partial charge < -0.3 is 4.74 Å². The van der Waals surface area contributed by atoms with Gasteiger partial charge in [-0.05, 0) is 11.6 Å². The van der Waals surface area contributed by atoms with E-state index in [0.717, 1.165) is 11.8 Å². The van der Waals surface area contributed by atoms with Gasteiger partial charge in [-0.25, -0.2) is 4.79 Å². The van der Waals surface area contributed by atoms with E-state index in [1.54, 1.807) is 12.2 Å². The van der Waals surface area contributed by atoms with Crippen LogP contribution >= 0.6 is 11.8 Å². The van der Waals surface area contributed by atoms with Gasteiger partial charge in [0.15, 0.2) is 5.12 Å². The zero-order chi connectivity index (χ0) is 15.1. The molecule has 6 nitrogen and oxygen atoms in total. The number of methoxy groups -OCH3 is 1. The molecule has 0 amide bonds. The molecular formula is C13H13NO5S. The number of nitro groups is 1. The highest BCUT2D eigenvalue weighted by Gasteiger charge is 2.15. The summed E-state index contributed by atoms with van der Waals surface area (Å²) in [6.45, 7) is 1.46. The first-order valence-corrected chi connectivity index (χ1v) is 6.61. The second kappa shape index (κ2) is 7.44. The summed E-state index contributed by atoms with van der Waals surface area (Å²) in [7, 11) is 1.21. The Morgan fingerprint density at radius 2 is 2.15 bits per heavy atom. The fourth-order valence-corrected chi connectivity index (χ4v) is 1.86. The van der Waals surface area contributed by atoms with Gasteiger partial charge in [0, 0.05) is 24.8 Å². The van der Waals surface area contributed by atoms with Crippen molar-refractivity contribution in [2.24, 2.45) is 0 Å². The highest BCUT2D eigenvalue weighted by Crippen LogP contribution is 2.20. The second-order valence-electron chi connectivity index (χ2n) is 3.73. The number of esters is 1. The van der Waals surface area contributed by atoms with Gasteiger partial charge in [0.05, 0.1) is 17.6 Å². The van der Waals surface area contributed by atoms with E-state index < -0.39 is 10.9 Å². The van der Waals surface area contributed by atoms with E-state index in [2.05, 4.69) is 4.74 Å². The lowest BCUT2D eigenvalue weighted by Crippen LogP contribution is -2.04.